The normalized spacial score (nSPS) is 15.2. The van der Waals surface area contributed by atoms with Gasteiger partial charge in [-0.1, -0.05) is 84.4 Å². The summed E-state index contributed by atoms with van der Waals surface area (Å²) in [4.78, 5) is 20.8. The van der Waals surface area contributed by atoms with E-state index < -0.39 is 0 Å². The Hall–Kier alpha value is -3.52. The number of thioether (sulfide) groups is 1. The predicted molar refractivity (Wildman–Crippen MR) is 167 cm³/mol. The maximum Gasteiger partial charge on any atom is 0.267 e. The van der Waals surface area contributed by atoms with Crippen LogP contribution in [0.2, 0.25) is 5.02 Å². The van der Waals surface area contributed by atoms with Gasteiger partial charge < -0.3 is 9.47 Å². The average molecular weight is 634 g/mol. The van der Waals surface area contributed by atoms with E-state index in [0.717, 1.165) is 26.7 Å². The molecule has 0 radical (unpaired) electrons. The highest BCUT2D eigenvalue weighted by Crippen LogP contribution is 2.40. The molecule has 0 spiro atoms. The largest absolute Gasteiger partial charge is 0.493 e. The molecule has 4 aromatic carbocycles. The van der Waals surface area contributed by atoms with E-state index in [2.05, 4.69) is 15.9 Å². The number of carbonyl (C=O) groups excluding carboxylic acids is 1. The maximum absolute atomic E-state index is 13.6. The van der Waals surface area contributed by atoms with Crippen LogP contribution >= 0.6 is 39.3 Å². The van der Waals surface area contributed by atoms with E-state index in [9.17, 15) is 4.79 Å². The van der Waals surface area contributed by atoms with Gasteiger partial charge in [0.05, 0.1) is 29.6 Å². The van der Waals surface area contributed by atoms with Crippen LogP contribution in [0.1, 0.15) is 22.3 Å². The molecule has 1 saturated heterocycles. The van der Waals surface area contributed by atoms with Crippen molar-refractivity contribution in [1.29, 1.82) is 0 Å². The molecule has 0 saturated carbocycles. The van der Waals surface area contributed by atoms with Crippen molar-refractivity contribution in [2.75, 3.05) is 7.11 Å². The third-order valence-electron chi connectivity index (χ3n) is 6.13. The lowest BCUT2D eigenvalue weighted by molar-refractivity contribution is -0.122. The molecule has 1 fully saturated rings. The number of amides is 1. The van der Waals surface area contributed by atoms with Crippen LogP contribution in [0.25, 0.3) is 6.08 Å². The fraction of sp³-hybridized carbons (Fsp3) is 0.125. The van der Waals surface area contributed by atoms with Crippen LogP contribution in [-0.2, 0) is 24.5 Å². The second kappa shape index (κ2) is 13.2. The third-order valence-corrected chi connectivity index (χ3v) is 8.00. The van der Waals surface area contributed by atoms with Crippen molar-refractivity contribution in [2.24, 2.45) is 4.99 Å². The van der Waals surface area contributed by atoms with Gasteiger partial charge in [-0.2, -0.15) is 0 Å². The Morgan fingerprint density at radius 1 is 0.925 bits per heavy atom. The van der Waals surface area contributed by atoms with Crippen LogP contribution in [0.3, 0.4) is 0 Å². The second-order valence-electron chi connectivity index (χ2n) is 9.02. The number of halogens is 2. The van der Waals surface area contributed by atoms with E-state index in [1.54, 1.807) is 12.0 Å². The zero-order valence-corrected chi connectivity index (χ0v) is 24.9. The van der Waals surface area contributed by atoms with Gasteiger partial charge in [0.25, 0.3) is 5.91 Å². The lowest BCUT2D eigenvalue weighted by Gasteiger charge is -2.16. The topological polar surface area (TPSA) is 51.1 Å². The summed E-state index contributed by atoms with van der Waals surface area (Å²) in [6, 6.07) is 31.3. The van der Waals surface area contributed by atoms with E-state index in [4.69, 9.17) is 26.1 Å². The number of carbonyl (C=O) groups is 1. The summed E-state index contributed by atoms with van der Waals surface area (Å²) in [5, 5.41) is 1.33. The Morgan fingerprint density at radius 2 is 1.62 bits per heavy atom. The molecule has 4 aromatic rings. The molecule has 0 N–H and O–H groups in total. The summed E-state index contributed by atoms with van der Waals surface area (Å²) in [7, 11) is 1.59. The molecule has 5 rings (SSSR count). The molecule has 0 aliphatic carbocycles. The average Bonchev–Trinajstić information content (AvgIpc) is 3.25. The van der Waals surface area contributed by atoms with Gasteiger partial charge in [-0.15, -0.1) is 0 Å². The quantitative estimate of drug-likeness (QED) is 0.174. The first-order valence-electron chi connectivity index (χ1n) is 12.6. The van der Waals surface area contributed by atoms with Gasteiger partial charge in [0.1, 0.15) is 6.61 Å². The van der Waals surface area contributed by atoms with Crippen molar-refractivity contribution >= 4 is 56.4 Å². The van der Waals surface area contributed by atoms with Gasteiger partial charge in [-0.3, -0.25) is 14.7 Å². The fourth-order valence-electron chi connectivity index (χ4n) is 4.17. The van der Waals surface area contributed by atoms with Crippen molar-refractivity contribution in [3.05, 3.63) is 134 Å². The Labute approximate surface area is 251 Å². The van der Waals surface area contributed by atoms with Crippen molar-refractivity contribution < 1.29 is 14.3 Å². The molecule has 1 aliphatic heterocycles. The summed E-state index contributed by atoms with van der Waals surface area (Å²) < 4.78 is 12.4. The number of aliphatic imine (C=N–C) groups is 1. The number of rotatable bonds is 9. The molecule has 202 valence electrons. The van der Waals surface area contributed by atoms with Crippen molar-refractivity contribution in [3.8, 4) is 11.5 Å². The van der Waals surface area contributed by atoms with Crippen molar-refractivity contribution in [2.45, 2.75) is 19.7 Å². The van der Waals surface area contributed by atoms with E-state index >= 15 is 0 Å². The van der Waals surface area contributed by atoms with Gasteiger partial charge in [-0.25, -0.2) is 0 Å². The van der Waals surface area contributed by atoms with E-state index in [-0.39, 0.29) is 5.91 Å². The molecule has 1 amide bonds. The molecule has 1 aliphatic rings. The first kappa shape index (κ1) is 28.0. The molecule has 0 unspecified atom stereocenters. The molecule has 0 aromatic heterocycles. The van der Waals surface area contributed by atoms with Crippen LogP contribution in [0.15, 0.2) is 111 Å². The summed E-state index contributed by atoms with van der Waals surface area (Å²) in [6.07, 6.45) is 1.87. The van der Waals surface area contributed by atoms with Crippen molar-refractivity contribution in [3.63, 3.8) is 0 Å². The van der Waals surface area contributed by atoms with Crippen LogP contribution in [0.5, 0.6) is 11.5 Å². The molecule has 0 atom stereocenters. The second-order valence-corrected chi connectivity index (χ2v) is 11.3. The van der Waals surface area contributed by atoms with Crippen LogP contribution in [0, 0.1) is 0 Å². The number of nitrogens with zero attached hydrogens (tertiary/aromatic N) is 2. The van der Waals surface area contributed by atoms with Gasteiger partial charge in [-0.05, 0) is 80.3 Å². The SMILES string of the molecule is COc1cc(/C=C2/SC(=NCc3ccccc3)N(Cc3ccccc3)C2=O)cc(Br)c1OCc1cccc(Cl)c1. The molecule has 40 heavy (non-hydrogen) atoms. The predicted octanol–water partition coefficient (Wildman–Crippen LogP) is 8.36. The highest BCUT2D eigenvalue weighted by molar-refractivity contribution is 9.10. The number of amidine groups is 1. The van der Waals surface area contributed by atoms with Gasteiger partial charge in [0.2, 0.25) is 0 Å². The first-order valence-corrected chi connectivity index (χ1v) is 14.6. The van der Waals surface area contributed by atoms with Gasteiger partial charge >= 0.3 is 0 Å². The fourth-order valence-corrected chi connectivity index (χ4v) is 5.93. The minimum Gasteiger partial charge on any atom is -0.493 e. The number of benzene rings is 4. The minimum atomic E-state index is -0.0861. The lowest BCUT2D eigenvalue weighted by Crippen LogP contribution is -2.28. The number of ether oxygens (including phenoxy) is 2. The maximum atomic E-state index is 13.6. The monoisotopic (exact) mass is 632 g/mol. The minimum absolute atomic E-state index is 0.0861. The lowest BCUT2D eigenvalue weighted by atomic mass is 10.1. The van der Waals surface area contributed by atoms with Gasteiger partial charge in [0, 0.05) is 5.02 Å². The summed E-state index contributed by atoms with van der Waals surface area (Å²) in [5.41, 5.74) is 3.87. The molecule has 1 heterocycles. The van der Waals surface area contributed by atoms with Crippen LogP contribution in [0.4, 0.5) is 0 Å². The molecular weight excluding hydrogens is 608 g/mol. The van der Waals surface area contributed by atoms with E-state index in [1.807, 2.05) is 103 Å². The van der Waals surface area contributed by atoms with Crippen molar-refractivity contribution in [1.82, 2.24) is 4.90 Å². The summed E-state index contributed by atoms with van der Waals surface area (Å²) in [5.74, 6) is 1.04. The first-order chi connectivity index (χ1) is 19.5. The molecular formula is C32H26BrClN2O3S. The summed E-state index contributed by atoms with van der Waals surface area (Å²) >= 11 is 11.1. The Balaban J connectivity index is 1.41. The third kappa shape index (κ3) is 6.97. The zero-order valence-electron chi connectivity index (χ0n) is 21.7. The van der Waals surface area contributed by atoms with E-state index in [0.29, 0.717) is 46.3 Å². The highest BCUT2D eigenvalue weighted by Gasteiger charge is 2.33. The summed E-state index contributed by atoms with van der Waals surface area (Å²) in [6.45, 7) is 1.27. The Morgan fingerprint density at radius 3 is 2.33 bits per heavy atom. The molecule has 5 nitrogen and oxygen atoms in total. The highest BCUT2D eigenvalue weighted by atomic mass is 79.9. The number of hydrogen-bond donors (Lipinski definition) is 0. The zero-order chi connectivity index (χ0) is 27.9. The van der Waals surface area contributed by atoms with E-state index in [1.165, 1.54) is 11.8 Å². The number of hydrogen-bond acceptors (Lipinski definition) is 5. The number of methoxy groups -OCH3 is 1. The Bertz CT molecular complexity index is 1560. The standard InChI is InChI=1S/C32H26BrClN2O3S/c1-38-28-17-25(16-27(33)30(28)39-21-24-13-8-14-26(34)15-24)18-29-31(37)36(20-23-11-6-3-7-12-23)32(40-29)35-19-22-9-4-2-5-10-22/h2-18H,19-21H2,1H3/b29-18+,35-32?. The van der Waals surface area contributed by atoms with Crippen LogP contribution < -0.4 is 9.47 Å². The molecule has 0 bridgehead atoms. The van der Waals surface area contributed by atoms with Crippen LogP contribution in [-0.4, -0.2) is 23.1 Å². The smallest absolute Gasteiger partial charge is 0.267 e. The molecule has 8 heteroatoms. The van der Waals surface area contributed by atoms with Gasteiger partial charge in [0.15, 0.2) is 16.7 Å². The Kier molecular flexibility index (Phi) is 9.26.